The predicted molar refractivity (Wildman–Crippen MR) is 95.1 cm³/mol. The number of rotatable bonds is 6. The lowest BCUT2D eigenvalue weighted by Gasteiger charge is -2.33. The Balaban J connectivity index is 1.83. The zero-order valence-corrected chi connectivity index (χ0v) is 15.2. The summed E-state index contributed by atoms with van der Waals surface area (Å²) in [6.45, 7) is -1.98. The molecule has 0 unspecified atom stereocenters. The molecule has 2 N–H and O–H groups in total. The molecule has 1 aliphatic heterocycles. The molecule has 154 valence electrons. The second-order valence-corrected chi connectivity index (χ2v) is 6.55. The van der Waals surface area contributed by atoms with E-state index >= 15 is 0 Å². The minimum atomic E-state index is -3.00. The van der Waals surface area contributed by atoms with Crippen LogP contribution in [0.2, 0.25) is 0 Å². The molecule has 0 fully saturated rings. The average molecular weight is 411 g/mol. The quantitative estimate of drug-likeness (QED) is 0.583. The fourth-order valence-corrected chi connectivity index (χ4v) is 2.95. The van der Waals surface area contributed by atoms with Gasteiger partial charge < -0.3 is 15.2 Å². The molecule has 29 heavy (non-hydrogen) atoms. The number of pyridine rings is 1. The van der Waals surface area contributed by atoms with E-state index in [9.17, 15) is 22.4 Å². The SMILES string of the molecule is C[C@]1(c2cc(CC(=O)c3ccc(OC(F)F)cn3)ccc2F)N=C(N)OC[C@@H]1F. The van der Waals surface area contributed by atoms with Gasteiger partial charge in [0.15, 0.2) is 12.0 Å². The van der Waals surface area contributed by atoms with Crippen molar-refractivity contribution in [3.05, 3.63) is 59.2 Å². The van der Waals surface area contributed by atoms with Crippen LogP contribution >= 0.6 is 0 Å². The van der Waals surface area contributed by atoms with E-state index in [-0.39, 0.29) is 36.1 Å². The largest absolute Gasteiger partial charge is 0.462 e. The van der Waals surface area contributed by atoms with Crippen molar-refractivity contribution < 1.29 is 31.8 Å². The molecule has 0 saturated carbocycles. The third kappa shape index (κ3) is 4.47. The Labute approximate surface area is 163 Å². The number of ketones is 1. The van der Waals surface area contributed by atoms with Crippen LogP contribution in [0.5, 0.6) is 5.75 Å². The molecule has 2 aromatic rings. The van der Waals surface area contributed by atoms with Crippen molar-refractivity contribution in [2.75, 3.05) is 6.61 Å². The first-order valence-electron chi connectivity index (χ1n) is 8.54. The number of nitrogens with zero attached hydrogens (tertiary/aromatic N) is 2. The molecular weight excluding hydrogens is 394 g/mol. The molecule has 1 aromatic heterocycles. The predicted octanol–water partition coefficient (Wildman–Crippen LogP) is 3.15. The Morgan fingerprint density at radius 2 is 2.14 bits per heavy atom. The summed E-state index contributed by atoms with van der Waals surface area (Å²) < 4.78 is 62.3. The number of hydrogen-bond acceptors (Lipinski definition) is 6. The Hall–Kier alpha value is -3.17. The van der Waals surface area contributed by atoms with Crippen LogP contribution in [0.15, 0.2) is 41.5 Å². The fraction of sp³-hybridized carbons (Fsp3) is 0.316. The number of carbonyl (C=O) groups excluding carboxylic acids is 1. The Morgan fingerprint density at radius 1 is 1.38 bits per heavy atom. The fourth-order valence-electron chi connectivity index (χ4n) is 2.95. The first kappa shape index (κ1) is 20.6. The maximum Gasteiger partial charge on any atom is 0.387 e. The van der Waals surface area contributed by atoms with Crippen molar-refractivity contribution in [3.8, 4) is 5.75 Å². The van der Waals surface area contributed by atoms with Crippen LogP contribution in [0.1, 0.15) is 28.5 Å². The van der Waals surface area contributed by atoms with Gasteiger partial charge in [-0.15, -0.1) is 0 Å². The standard InChI is InChI=1S/C19H17F4N3O3/c1-19(16(21)9-28-18(24)26-19)12-6-10(2-4-13(12)20)7-15(27)14-5-3-11(8-25-14)29-17(22)23/h2-6,8,16-17H,7,9H2,1H3,(H2,24,26)/t16-,19+/m0/s1. The van der Waals surface area contributed by atoms with Gasteiger partial charge in [0.25, 0.3) is 6.02 Å². The molecule has 0 aliphatic carbocycles. The third-order valence-corrected chi connectivity index (χ3v) is 4.52. The van der Waals surface area contributed by atoms with Gasteiger partial charge in [-0.1, -0.05) is 6.07 Å². The van der Waals surface area contributed by atoms with Gasteiger partial charge >= 0.3 is 6.61 Å². The molecule has 3 rings (SSSR count). The number of alkyl halides is 3. The number of hydrogen-bond donors (Lipinski definition) is 1. The van der Waals surface area contributed by atoms with Gasteiger partial charge in [-0.05, 0) is 36.8 Å². The van der Waals surface area contributed by atoms with E-state index in [4.69, 9.17) is 10.5 Å². The highest BCUT2D eigenvalue weighted by atomic mass is 19.3. The highest BCUT2D eigenvalue weighted by Crippen LogP contribution is 2.36. The summed E-state index contributed by atoms with van der Waals surface area (Å²) in [5.74, 6) is -1.32. The topological polar surface area (TPSA) is 86.8 Å². The van der Waals surface area contributed by atoms with E-state index in [1.165, 1.54) is 31.2 Å². The van der Waals surface area contributed by atoms with Crippen LogP contribution in [0.3, 0.4) is 0 Å². The maximum atomic E-state index is 14.5. The van der Waals surface area contributed by atoms with Gasteiger partial charge in [0, 0.05) is 12.0 Å². The van der Waals surface area contributed by atoms with E-state index in [1.807, 2.05) is 0 Å². The zero-order chi connectivity index (χ0) is 21.2. The van der Waals surface area contributed by atoms with Crippen molar-refractivity contribution in [1.29, 1.82) is 0 Å². The van der Waals surface area contributed by atoms with E-state index < -0.39 is 29.9 Å². The summed E-state index contributed by atoms with van der Waals surface area (Å²) >= 11 is 0. The summed E-state index contributed by atoms with van der Waals surface area (Å²) in [6, 6.07) is 6.02. The first-order valence-corrected chi connectivity index (χ1v) is 8.54. The zero-order valence-electron chi connectivity index (χ0n) is 15.2. The second kappa shape index (κ2) is 8.06. The highest BCUT2D eigenvalue weighted by molar-refractivity contribution is 5.95. The van der Waals surface area contributed by atoms with Gasteiger partial charge in [-0.2, -0.15) is 8.78 Å². The monoisotopic (exact) mass is 411 g/mol. The van der Waals surface area contributed by atoms with E-state index in [0.29, 0.717) is 5.56 Å². The number of halogens is 4. The van der Waals surface area contributed by atoms with Crippen molar-refractivity contribution in [2.24, 2.45) is 10.7 Å². The van der Waals surface area contributed by atoms with Crippen molar-refractivity contribution >= 4 is 11.8 Å². The van der Waals surface area contributed by atoms with Gasteiger partial charge in [0.05, 0.1) is 6.20 Å². The van der Waals surface area contributed by atoms with Crippen LogP contribution < -0.4 is 10.5 Å². The summed E-state index contributed by atoms with van der Waals surface area (Å²) in [6.07, 6.45) is -0.804. The van der Waals surface area contributed by atoms with E-state index in [0.717, 1.165) is 12.3 Å². The third-order valence-electron chi connectivity index (χ3n) is 4.52. The van der Waals surface area contributed by atoms with Crippen LogP contribution in [0, 0.1) is 5.82 Å². The van der Waals surface area contributed by atoms with Crippen LogP contribution in [0.25, 0.3) is 0 Å². The molecule has 0 bridgehead atoms. The van der Waals surface area contributed by atoms with Gasteiger partial charge in [0.2, 0.25) is 0 Å². The Bertz CT molecular complexity index is 937. The molecular formula is C19H17F4N3O3. The highest BCUT2D eigenvalue weighted by Gasteiger charge is 2.42. The van der Waals surface area contributed by atoms with Crippen molar-refractivity contribution in [2.45, 2.75) is 31.7 Å². The Morgan fingerprint density at radius 3 is 2.79 bits per heavy atom. The minimum absolute atomic E-state index is 0.0143. The Kier molecular flexibility index (Phi) is 5.71. The smallest absolute Gasteiger partial charge is 0.387 e. The van der Waals surface area contributed by atoms with Gasteiger partial charge in [0.1, 0.15) is 29.4 Å². The number of aromatic nitrogens is 1. The molecule has 2 heterocycles. The van der Waals surface area contributed by atoms with Crippen LogP contribution in [-0.2, 0) is 16.7 Å². The van der Waals surface area contributed by atoms with Crippen LogP contribution in [0.4, 0.5) is 17.6 Å². The van der Waals surface area contributed by atoms with Crippen molar-refractivity contribution in [3.63, 3.8) is 0 Å². The summed E-state index contributed by atoms with van der Waals surface area (Å²) in [7, 11) is 0. The number of carbonyl (C=O) groups is 1. The summed E-state index contributed by atoms with van der Waals surface area (Å²) in [5.41, 5.74) is 4.27. The number of benzene rings is 1. The summed E-state index contributed by atoms with van der Waals surface area (Å²) in [4.78, 5) is 20.1. The lowest BCUT2D eigenvalue weighted by atomic mass is 9.85. The van der Waals surface area contributed by atoms with Gasteiger partial charge in [-0.25, -0.2) is 18.8 Å². The molecule has 0 spiro atoms. The first-order chi connectivity index (χ1) is 13.7. The lowest BCUT2D eigenvalue weighted by Crippen LogP contribution is -2.43. The number of ether oxygens (including phenoxy) is 2. The number of Topliss-reactive ketones (excluding diaryl/α,β-unsaturated/α-hetero) is 1. The van der Waals surface area contributed by atoms with Crippen LogP contribution in [-0.4, -0.2) is 36.2 Å². The van der Waals surface area contributed by atoms with Crippen molar-refractivity contribution in [1.82, 2.24) is 4.98 Å². The number of aliphatic imine (C=N–C) groups is 1. The van der Waals surface area contributed by atoms with Gasteiger partial charge in [-0.3, -0.25) is 4.79 Å². The average Bonchev–Trinajstić information content (AvgIpc) is 2.66. The minimum Gasteiger partial charge on any atom is -0.462 e. The molecule has 0 amide bonds. The number of nitrogens with two attached hydrogens (primary N) is 1. The molecule has 0 radical (unpaired) electrons. The maximum absolute atomic E-state index is 14.5. The van der Waals surface area contributed by atoms with E-state index in [1.54, 1.807) is 0 Å². The van der Waals surface area contributed by atoms with E-state index in [2.05, 4.69) is 14.7 Å². The molecule has 10 heteroatoms. The molecule has 6 nitrogen and oxygen atoms in total. The lowest BCUT2D eigenvalue weighted by molar-refractivity contribution is -0.0500. The second-order valence-electron chi connectivity index (χ2n) is 6.55. The number of amidine groups is 1. The summed E-state index contributed by atoms with van der Waals surface area (Å²) in [5, 5.41) is 0. The molecule has 0 saturated heterocycles. The normalized spacial score (nSPS) is 21.4. The molecule has 1 aliphatic rings. The molecule has 1 aromatic carbocycles. The molecule has 2 atom stereocenters.